The Balaban J connectivity index is 2.01. The topological polar surface area (TPSA) is 96.2 Å². The van der Waals surface area contributed by atoms with E-state index in [2.05, 4.69) is 21.2 Å². The van der Waals surface area contributed by atoms with Crippen LogP contribution in [-0.4, -0.2) is 16.8 Å². The predicted octanol–water partition coefficient (Wildman–Crippen LogP) is 2.56. The van der Waals surface area contributed by atoms with Gasteiger partial charge in [-0.3, -0.25) is 0 Å². The third-order valence-electron chi connectivity index (χ3n) is 3.68. The Hall–Kier alpha value is -3.59. The number of nitrogens with zero attached hydrogens (tertiary/aromatic N) is 3. The number of nitrogens with two attached hydrogens (primary N) is 1. The van der Waals surface area contributed by atoms with Crippen LogP contribution in [0.3, 0.4) is 0 Å². The van der Waals surface area contributed by atoms with Crippen molar-refractivity contribution in [3.05, 3.63) is 71.4 Å². The average molecular weight is 317 g/mol. The average Bonchev–Trinajstić information content (AvgIpc) is 2.93. The minimum atomic E-state index is -0.710. The van der Waals surface area contributed by atoms with Crippen molar-refractivity contribution in [2.24, 2.45) is 10.8 Å². The van der Waals surface area contributed by atoms with Crippen molar-refractivity contribution < 1.29 is 4.79 Å². The van der Waals surface area contributed by atoms with Gasteiger partial charge in [-0.05, 0) is 17.7 Å². The van der Waals surface area contributed by atoms with E-state index in [1.54, 1.807) is 12.3 Å². The fourth-order valence-electron chi connectivity index (χ4n) is 2.63. The first-order valence-electron chi connectivity index (χ1n) is 7.33. The van der Waals surface area contributed by atoms with E-state index in [4.69, 9.17) is 5.73 Å². The largest absolute Gasteiger partial charge is 0.350 e. The number of hydrazone groups is 1. The van der Waals surface area contributed by atoms with Crippen LogP contribution in [-0.2, 0) is 6.54 Å². The molecule has 0 unspecified atom stereocenters. The molecule has 6 heteroatoms. The highest BCUT2D eigenvalue weighted by molar-refractivity contribution is 5.99. The number of para-hydroxylation sites is 1. The Kier molecular flexibility index (Phi) is 4.25. The van der Waals surface area contributed by atoms with Crippen LogP contribution in [0, 0.1) is 11.3 Å². The lowest BCUT2D eigenvalue weighted by Gasteiger charge is -2.07. The fraction of sp³-hybridized carbons (Fsp3) is 0.0556. The van der Waals surface area contributed by atoms with Crippen LogP contribution in [0.25, 0.3) is 10.9 Å². The van der Waals surface area contributed by atoms with E-state index >= 15 is 0 Å². The number of primary amides is 1. The molecule has 2 aromatic carbocycles. The zero-order valence-corrected chi connectivity index (χ0v) is 12.8. The first kappa shape index (κ1) is 15.3. The SMILES string of the molecule is N#Cc1ccccc1Cn1cc(/C=N\NC(N)=O)c2ccccc21. The number of hydrogen-bond acceptors (Lipinski definition) is 3. The van der Waals surface area contributed by atoms with Crippen molar-refractivity contribution in [3.8, 4) is 6.07 Å². The number of fused-ring (bicyclic) bond motifs is 1. The zero-order chi connectivity index (χ0) is 16.9. The number of carbonyl (C=O) groups excluding carboxylic acids is 1. The van der Waals surface area contributed by atoms with E-state index in [9.17, 15) is 10.1 Å². The van der Waals surface area contributed by atoms with Crippen LogP contribution in [0.5, 0.6) is 0 Å². The third-order valence-corrected chi connectivity index (χ3v) is 3.68. The van der Waals surface area contributed by atoms with Crippen LogP contribution >= 0.6 is 0 Å². The van der Waals surface area contributed by atoms with Crippen molar-refractivity contribution in [2.45, 2.75) is 6.54 Å². The highest BCUT2D eigenvalue weighted by atomic mass is 16.2. The first-order valence-corrected chi connectivity index (χ1v) is 7.33. The molecule has 2 amide bonds. The molecule has 0 aliphatic rings. The maximum atomic E-state index is 10.7. The summed E-state index contributed by atoms with van der Waals surface area (Å²) < 4.78 is 2.05. The molecule has 3 aromatic rings. The molecule has 3 N–H and O–H groups in total. The van der Waals surface area contributed by atoms with Gasteiger partial charge in [0.05, 0.1) is 17.8 Å². The molecule has 1 heterocycles. The summed E-state index contributed by atoms with van der Waals surface area (Å²) in [6.45, 7) is 0.571. The number of benzene rings is 2. The molecule has 0 radical (unpaired) electrons. The number of carbonyl (C=O) groups is 1. The number of nitrogens with one attached hydrogen (secondary N) is 1. The summed E-state index contributed by atoms with van der Waals surface area (Å²) >= 11 is 0. The highest BCUT2D eigenvalue weighted by Gasteiger charge is 2.09. The number of nitriles is 1. The molecule has 1 aromatic heterocycles. The number of hydrogen-bond donors (Lipinski definition) is 2. The Morgan fingerprint density at radius 1 is 1.25 bits per heavy atom. The van der Waals surface area contributed by atoms with Gasteiger partial charge in [-0.25, -0.2) is 10.2 Å². The molecule has 24 heavy (non-hydrogen) atoms. The summed E-state index contributed by atoms with van der Waals surface area (Å²) in [6.07, 6.45) is 3.49. The van der Waals surface area contributed by atoms with E-state index < -0.39 is 6.03 Å². The van der Waals surface area contributed by atoms with Gasteiger partial charge in [0.1, 0.15) is 0 Å². The van der Waals surface area contributed by atoms with Gasteiger partial charge in [0, 0.05) is 29.2 Å². The van der Waals surface area contributed by atoms with E-state index in [-0.39, 0.29) is 0 Å². The lowest BCUT2D eigenvalue weighted by atomic mass is 10.1. The van der Waals surface area contributed by atoms with Crippen molar-refractivity contribution in [3.63, 3.8) is 0 Å². The molecule has 6 nitrogen and oxygen atoms in total. The fourth-order valence-corrected chi connectivity index (χ4v) is 2.63. The summed E-state index contributed by atoms with van der Waals surface area (Å²) in [4.78, 5) is 10.7. The maximum absolute atomic E-state index is 10.7. The smallest absolute Gasteiger partial charge is 0.332 e. The van der Waals surface area contributed by atoms with Crippen molar-refractivity contribution in [2.75, 3.05) is 0 Å². The Labute approximate surface area is 138 Å². The molecule has 0 saturated heterocycles. The van der Waals surface area contributed by atoms with Crippen molar-refractivity contribution in [1.82, 2.24) is 9.99 Å². The molecule has 0 atom stereocenters. The second kappa shape index (κ2) is 6.67. The summed E-state index contributed by atoms with van der Waals surface area (Å²) in [5, 5.41) is 14.1. The second-order valence-electron chi connectivity index (χ2n) is 5.23. The standard InChI is InChI=1S/C18H15N5O/c19-9-13-5-1-2-6-14(13)11-23-12-15(10-21-22-18(20)24)16-7-3-4-8-17(16)23/h1-8,10,12H,11H2,(H3,20,22,24)/b21-10-. The summed E-state index contributed by atoms with van der Waals surface area (Å²) in [5.41, 5.74) is 10.7. The summed E-state index contributed by atoms with van der Waals surface area (Å²) in [6, 6.07) is 16.9. The van der Waals surface area contributed by atoms with Crippen molar-refractivity contribution in [1.29, 1.82) is 5.26 Å². The van der Waals surface area contributed by atoms with Crippen LogP contribution in [0.4, 0.5) is 4.79 Å². The number of urea groups is 1. The highest BCUT2D eigenvalue weighted by Crippen LogP contribution is 2.22. The van der Waals surface area contributed by atoms with Gasteiger partial charge >= 0.3 is 6.03 Å². The van der Waals surface area contributed by atoms with Gasteiger partial charge in [-0.2, -0.15) is 10.4 Å². The first-order chi connectivity index (χ1) is 11.7. The maximum Gasteiger partial charge on any atom is 0.332 e. The molecular formula is C18H15N5O. The summed E-state index contributed by atoms with van der Waals surface area (Å²) in [7, 11) is 0. The molecule has 0 bridgehead atoms. The van der Waals surface area contributed by atoms with Gasteiger partial charge in [-0.1, -0.05) is 36.4 Å². The Morgan fingerprint density at radius 2 is 2.00 bits per heavy atom. The third kappa shape index (κ3) is 3.10. The van der Waals surface area contributed by atoms with Gasteiger partial charge in [0.15, 0.2) is 0 Å². The zero-order valence-electron chi connectivity index (χ0n) is 12.8. The van der Waals surface area contributed by atoms with Crippen molar-refractivity contribution >= 4 is 23.1 Å². The van der Waals surface area contributed by atoms with Crippen LogP contribution in [0.1, 0.15) is 16.7 Å². The molecule has 0 aliphatic heterocycles. The number of rotatable bonds is 4. The number of aromatic nitrogens is 1. The molecule has 0 aliphatic carbocycles. The van der Waals surface area contributed by atoms with E-state index in [0.29, 0.717) is 12.1 Å². The lowest BCUT2D eigenvalue weighted by molar-refractivity contribution is 0.249. The van der Waals surface area contributed by atoms with E-state index in [1.165, 1.54) is 0 Å². The molecule has 3 rings (SSSR count). The van der Waals surface area contributed by atoms with Crippen LogP contribution < -0.4 is 11.2 Å². The van der Waals surface area contributed by atoms with E-state index in [1.807, 2.05) is 48.7 Å². The molecular weight excluding hydrogens is 302 g/mol. The summed E-state index contributed by atoms with van der Waals surface area (Å²) in [5.74, 6) is 0. The predicted molar refractivity (Wildman–Crippen MR) is 92.5 cm³/mol. The molecule has 118 valence electrons. The monoisotopic (exact) mass is 317 g/mol. The molecule has 0 fully saturated rings. The molecule has 0 saturated carbocycles. The van der Waals surface area contributed by atoms with Gasteiger partial charge in [0.2, 0.25) is 0 Å². The van der Waals surface area contributed by atoms with Gasteiger partial charge < -0.3 is 10.3 Å². The van der Waals surface area contributed by atoms with Crippen LogP contribution in [0.2, 0.25) is 0 Å². The van der Waals surface area contributed by atoms with E-state index in [0.717, 1.165) is 22.0 Å². The minimum Gasteiger partial charge on any atom is -0.350 e. The van der Waals surface area contributed by atoms with Gasteiger partial charge in [-0.15, -0.1) is 0 Å². The quantitative estimate of drug-likeness (QED) is 0.571. The van der Waals surface area contributed by atoms with Crippen LogP contribution in [0.15, 0.2) is 59.8 Å². The normalized spacial score (nSPS) is 10.8. The Bertz CT molecular complexity index is 965. The van der Waals surface area contributed by atoms with Gasteiger partial charge in [0.25, 0.3) is 0 Å². The second-order valence-corrected chi connectivity index (χ2v) is 5.23. The Morgan fingerprint density at radius 3 is 2.79 bits per heavy atom. The minimum absolute atomic E-state index is 0.571. The number of amides is 2. The molecule has 0 spiro atoms. The lowest BCUT2D eigenvalue weighted by Crippen LogP contribution is -2.24.